The van der Waals surface area contributed by atoms with Crippen molar-refractivity contribution < 1.29 is 9.59 Å². The van der Waals surface area contributed by atoms with Gasteiger partial charge in [0.2, 0.25) is 5.91 Å². The molecule has 2 aromatic rings. The highest BCUT2D eigenvalue weighted by atomic mass is 16.2. The molecule has 2 saturated heterocycles. The molecule has 1 aromatic heterocycles. The Morgan fingerprint density at radius 1 is 1.03 bits per heavy atom. The maximum Gasteiger partial charge on any atom is 0.253 e. The minimum absolute atomic E-state index is 0.0907. The van der Waals surface area contributed by atoms with E-state index in [0.29, 0.717) is 19.0 Å². The third kappa shape index (κ3) is 4.35. The molecule has 2 amide bonds. The Kier molecular flexibility index (Phi) is 6.08. The van der Waals surface area contributed by atoms with E-state index < -0.39 is 0 Å². The normalized spacial score (nSPS) is 25.8. The summed E-state index contributed by atoms with van der Waals surface area (Å²) in [7, 11) is 0. The molecule has 168 valence electrons. The van der Waals surface area contributed by atoms with E-state index >= 15 is 0 Å². The van der Waals surface area contributed by atoms with Crippen molar-refractivity contribution in [1.29, 1.82) is 0 Å². The molecule has 1 saturated carbocycles. The van der Waals surface area contributed by atoms with Crippen molar-refractivity contribution in [2.75, 3.05) is 31.1 Å². The van der Waals surface area contributed by atoms with E-state index in [1.54, 1.807) is 6.20 Å². The lowest BCUT2D eigenvalue weighted by molar-refractivity contribution is -0.133. The summed E-state index contributed by atoms with van der Waals surface area (Å²) in [5, 5.41) is 0. The number of carbonyl (C=O) groups is 2. The second-order valence-electron chi connectivity index (χ2n) is 9.17. The number of hydrogen-bond donors (Lipinski definition) is 2. The maximum absolute atomic E-state index is 13.2. The molecule has 3 heterocycles. The van der Waals surface area contributed by atoms with Crippen molar-refractivity contribution in [1.82, 2.24) is 20.7 Å². The number of piperazine rings is 1. The summed E-state index contributed by atoms with van der Waals surface area (Å²) in [5.41, 5.74) is 8.01. The van der Waals surface area contributed by atoms with Crippen LogP contribution in [0.2, 0.25) is 0 Å². The third-order valence-electron chi connectivity index (χ3n) is 7.22. The Bertz CT molecular complexity index is 958. The lowest BCUT2D eigenvalue weighted by Crippen LogP contribution is -2.60. The number of hydrazine groups is 1. The minimum atomic E-state index is 0.0907. The molecule has 2 aliphatic heterocycles. The number of anilines is 1. The van der Waals surface area contributed by atoms with Crippen LogP contribution in [0.3, 0.4) is 0 Å². The fourth-order valence-corrected chi connectivity index (χ4v) is 5.48. The van der Waals surface area contributed by atoms with Crippen LogP contribution in [-0.4, -0.2) is 53.9 Å². The molecule has 32 heavy (non-hydrogen) atoms. The average molecular weight is 434 g/mol. The molecular weight excluding hydrogens is 402 g/mol. The van der Waals surface area contributed by atoms with Crippen LogP contribution in [0.5, 0.6) is 0 Å². The van der Waals surface area contributed by atoms with Crippen LogP contribution in [0.4, 0.5) is 5.82 Å². The van der Waals surface area contributed by atoms with Gasteiger partial charge in [-0.1, -0.05) is 31.0 Å². The van der Waals surface area contributed by atoms with Crippen LogP contribution in [0, 0.1) is 11.8 Å². The van der Waals surface area contributed by atoms with Crippen molar-refractivity contribution in [3.63, 3.8) is 0 Å². The van der Waals surface area contributed by atoms with Crippen molar-refractivity contribution in [2.45, 2.75) is 38.1 Å². The predicted octanol–water partition coefficient (Wildman–Crippen LogP) is 2.40. The van der Waals surface area contributed by atoms with Crippen molar-refractivity contribution >= 4 is 17.6 Å². The van der Waals surface area contributed by atoms with Gasteiger partial charge in [0.25, 0.3) is 5.91 Å². The second kappa shape index (κ2) is 9.28. The van der Waals surface area contributed by atoms with E-state index in [2.05, 4.69) is 26.8 Å². The van der Waals surface area contributed by atoms with E-state index in [1.165, 1.54) is 6.42 Å². The highest BCUT2D eigenvalue weighted by molar-refractivity contribution is 5.94. The zero-order valence-electron chi connectivity index (χ0n) is 18.4. The highest BCUT2D eigenvalue weighted by Gasteiger charge is 2.39. The van der Waals surface area contributed by atoms with Crippen molar-refractivity contribution in [3.05, 3.63) is 59.8 Å². The first kappa shape index (κ1) is 20.9. The molecule has 0 radical (unpaired) electrons. The largest absolute Gasteiger partial charge is 0.353 e. The van der Waals surface area contributed by atoms with Gasteiger partial charge in [-0.15, -0.1) is 0 Å². The second-order valence-corrected chi connectivity index (χ2v) is 9.17. The van der Waals surface area contributed by atoms with Crippen LogP contribution >= 0.6 is 0 Å². The number of pyridine rings is 1. The van der Waals surface area contributed by atoms with Gasteiger partial charge in [-0.05, 0) is 55.0 Å². The molecule has 0 spiro atoms. The number of rotatable bonds is 4. The third-order valence-corrected chi connectivity index (χ3v) is 7.22. The molecule has 2 N–H and O–H groups in total. The van der Waals surface area contributed by atoms with Gasteiger partial charge >= 0.3 is 0 Å². The Morgan fingerprint density at radius 2 is 1.88 bits per heavy atom. The summed E-state index contributed by atoms with van der Waals surface area (Å²) in [5.74, 6) is 1.69. The topological polar surface area (TPSA) is 77.6 Å². The standard InChI is InChI=1S/C25H31N5O2/c31-24-21-9-2-1-8-20(21)22(27-28-24)17-18-6-5-7-19(16-18)25(32)30-14-12-29(13-15-30)23-10-3-4-11-26-23/h3-7,10-11,16,20-22,27H,1-2,8-9,12-15,17H2,(H,28,31). The molecule has 7 heteroatoms. The van der Waals surface area contributed by atoms with Gasteiger partial charge in [-0.3, -0.25) is 15.0 Å². The first-order chi connectivity index (χ1) is 15.7. The average Bonchev–Trinajstić information content (AvgIpc) is 2.86. The summed E-state index contributed by atoms with van der Waals surface area (Å²) >= 11 is 0. The van der Waals surface area contributed by atoms with Crippen molar-refractivity contribution in [2.24, 2.45) is 11.8 Å². The van der Waals surface area contributed by atoms with Crippen LogP contribution in [0.25, 0.3) is 0 Å². The van der Waals surface area contributed by atoms with Gasteiger partial charge in [-0.25, -0.2) is 10.4 Å². The summed E-state index contributed by atoms with van der Waals surface area (Å²) in [4.78, 5) is 34.0. The number of hydrogen-bond acceptors (Lipinski definition) is 5. The molecule has 3 atom stereocenters. The van der Waals surface area contributed by atoms with E-state index in [9.17, 15) is 9.59 Å². The minimum Gasteiger partial charge on any atom is -0.353 e. The quantitative estimate of drug-likeness (QED) is 0.774. The molecule has 3 fully saturated rings. The van der Waals surface area contributed by atoms with Gasteiger partial charge in [0.05, 0.1) is 0 Å². The molecule has 3 unspecified atom stereocenters. The lowest BCUT2D eigenvalue weighted by atomic mass is 9.72. The van der Waals surface area contributed by atoms with Crippen LogP contribution in [0.15, 0.2) is 48.7 Å². The van der Waals surface area contributed by atoms with Gasteiger partial charge in [0.15, 0.2) is 0 Å². The summed E-state index contributed by atoms with van der Waals surface area (Å²) < 4.78 is 0. The predicted molar refractivity (Wildman–Crippen MR) is 123 cm³/mol. The molecular formula is C25H31N5O2. The fraction of sp³-hybridized carbons (Fsp3) is 0.480. The van der Waals surface area contributed by atoms with Gasteiger partial charge in [-0.2, -0.15) is 0 Å². The molecule has 7 nitrogen and oxygen atoms in total. The van der Waals surface area contributed by atoms with E-state index in [-0.39, 0.29) is 23.8 Å². The Labute approximate surface area is 189 Å². The molecule has 3 aliphatic rings. The van der Waals surface area contributed by atoms with Gasteiger partial charge in [0.1, 0.15) is 5.82 Å². The van der Waals surface area contributed by atoms with E-state index in [4.69, 9.17) is 0 Å². The maximum atomic E-state index is 13.2. The Hall–Kier alpha value is -2.93. The molecule has 5 rings (SSSR count). The SMILES string of the molecule is O=C1NNC(Cc2cccc(C(=O)N3CCN(c4ccccn4)CC3)c2)C2CCCCC12. The first-order valence-electron chi connectivity index (χ1n) is 11.8. The number of nitrogens with zero attached hydrogens (tertiary/aromatic N) is 3. The van der Waals surface area contributed by atoms with Crippen LogP contribution in [-0.2, 0) is 11.2 Å². The smallest absolute Gasteiger partial charge is 0.253 e. The molecule has 1 aromatic carbocycles. The molecule has 1 aliphatic carbocycles. The number of amides is 2. The molecule has 0 bridgehead atoms. The highest BCUT2D eigenvalue weighted by Crippen LogP contribution is 2.35. The van der Waals surface area contributed by atoms with Crippen LogP contribution in [0.1, 0.15) is 41.6 Å². The van der Waals surface area contributed by atoms with E-state index in [1.807, 2.05) is 41.3 Å². The first-order valence-corrected chi connectivity index (χ1v) is 11.8. The monoisotopic (exact) mass is 433 g/mol. The number of aromatic nitrogens is 1. The fourth-order valence-electron chi connectivity index (χ4n) is 5.48. The Balaban J connectivity index is 1.22. The van der Waals surface area contributed by atoms with Gasteiger partial charge in [0, 0.05) is 49.9 Å². The number of nitrogens with one attached hydrogen (secondary N) is 2. The van der Waals surface area contributed by atoms with Crippen LogP contribution < -0.4 is 15.8 Å². The zero-order chi connectivity index (χ0) is 21.9. The van der Waals surface area contributed by atoms with E-state index in [0.717, 1.165) is 55.7 Å². The summed E-state index contributed by atoms with van der Waals surface area (Å²) in [6.45, 7) is 2.97. The van der Waals surface area contributed by atoms with Gasteiger partial charge < -0.3 is 9.80 Å². The van der Waals surface area contributed by atoms with Crippen molar-refractivity contribution in [3.8, 4) is 0 Å². The Morgan fingerprint density at radius 3 is 2.69 bits per heavy atom. The number of fused-ring (bicyclic) bond motifs is 1. The number of benzene rings is 1. The number of carbonyl (C=O) groups excluding carboxylic acids is 2. The summed E-state index contributed by atoms with van der Waals surface area (Å²) in [6.07, 6.45) is 7.03. The zero-order valence-corrected chi connectivity index (χ0v) is 18.4. The summed E-state index contributed by atoms with van der Waals surface area (Å²) in [6, 6.07) is 14.2. The lowest BCUT2D eigenvalue weighted by Gasteiger charge is -2.41.